The summed E-state index contributed by atoms with van der Waals surface area (Å²) < 4.78 is 0. The molecule has 0 saturated carbocycles. The van der Waals surface area contributed by atoms with E-state index in [-0.39, 0.29) is 23.6 Å². The van der Waals surface area contributed by atoms with E-state index in [0.29, 0.717) is 45.3 Å². The molecular formula is C26H17Cl2NO4. The molecule has 5 rings (SSSR count). The van der Waals surface area contributed by atoms with Crippen LogP contribution in [0.5, 0.6) is 0 Å². The van der Waals surface area contributed by atoms with Gasteiger partial charge in [-0.2, -0.15) is 0 Å². The monoisotopic (exact) mass is 477 g/mol. The molecule has 1 aliphatic carbocycles. The van der Waals surface area contributed by atoms with Crippen molar-refractivity contribution in [2.24, 2.45) is 5.92 Å². The quantitative estimate of drug-likeness (QED) is 0.444. The maximum atomic E-state index is 12.9. The number of carbonyl (C=O) groups is 4. The predicted molar refractivity (Wildman–Crippen MR) is 126 cm³/mol. The minimum Gasteiger partial charge on any atom is -0.294 e. The van der Waals surface area contributed by atoms with E-state index in [2.05, 4.69) is 0 Å². The zero-order valence-electron chi connectivity index (χ0n) is 17.3. The number of ketones is 2. The molecule has 3 aromatic carbocycles. The van der Waals surface area contributed by atoms with Crippen molar-refractivity contribution in [3.63, 3.8) is 0 Å². The highest BCUT2D eigenvalue weighted by atomic mass is 35.5. The number of fused-ring (bicyclic) bond motifs is 2. The number of amides is 2. The van der Waals surface area contributed by atoms with Gasteiger partial charge in [0.25, 0.3) is 11.8 Å². The summed E-state index contributed by atoms with van der Waals surface area (Å²) in [4.78, 5) is 52.3. The first-order valence-electron chi connectivity index (χ1n) is 10.5. The van der Waals surface area contributed by atoms with Gasteiger partial charge in [0, 0.05) is 33.5 Å². The minimum absolute atomic E-state index is 0.0605. The molecule has 0 radical (unpaired) electrons. The second-order valence-corrected chi connectivity index (χ2v) is 9.10. The highest BCUT2D eigenvalue weighted by Crippen LogP contribution is 2.33. The first-order valence-corrected chi connectivity index (χ1v) is 11.2. The number of hydrogen-bond acceptors (Lipinski definition) is 4. The van der Waals surface area contributed by atoms with Crippen molar-refractivity contribution in [1.29, 1.82) is 0 Å². The Morgan fingerprint density at radius 2 is 1.42 bits per heavy atom. The number of carbonyl (C=O) groups excluding carboxylic acids is 4. The number of rotatable bonds is 4. The van der Waals surface area contributed by atoms with Gasteiger partial charge in [0.2, 0.25) is 0 Å². The first kappa shape index (κ1) is 21.6. The van der Waals surface area contributed by atoms with Crippen molar-refractivity contribution in [3.05, 3.63) is 98.5 Å². The van der Waals surface area contributed by atoms with Gasteiger partial charge in [-0.05, 0) is 66.9 Å². The Bertz CT molecular complexity index is 1360. The normalized spacial score (nSPS) is 17.4. The molecule has 0 bridgehead atoms. The molecule has 0 saturated heterocycles. The molecule has 1 heterocycles. The molecule has 1 aliphatic heterocycles. The van der Waals surface area contributed by atoms with E-state index in [9.17, 15) is 19.2 Å². The maximum Gasteiger partial charge on any atom is 0.266 e. The van der Waals surface area contributed by atoms with Gasteiger partial charge >= 0.3 is 0 Å². The number of aryl methyl sites for hydroxylation is 1. The molecule has 0 spiro atoms. The summed E-state index contributed by atoms with van der Waals surface area (Å²) in [6.07, 6.45) is 1.15. The number of benzene rings is 3. The molecule has 33 heavy (non-hydrogen) atoms. The Labute approximate surface area is 199 Å². The summed E-state index contributed by atoms with van der Waals surface area (Å²) in [5.41, 5.74) is 2.73. The van der Waals surface area contributed by atoms with Crippen LogP contribution < -0.4 is 4.90 Å². The molecule has 0 aromatic heterocycles. The maximum absolute atomic E-state index is 12.9. The van der Waals surface area contributed by atoms with Crippen molar-refractivity contribution < 1.29 is 19.2 Å². The fourth-order valence-corrected chi connectivity index (χ4v) is 4.83. The topological polar surface area (TPSA) is 71.5 Å². The van der Waals surface area contributed by atoms with Crippen LogP contribution in [0.3, 0.4) is 0 Å². The molecule has 1 unspecified atom stereocenters. The average molecular weight is 478 g/mol. The van der Waals surface area contributed by atoms with E-state index < -0.39 is 17.7 Å². The molecule has 2 amide bonds. The van der Waals surface area contributed by atoms with Crippen LogP contribution in [-0.4, -0.2) is 23.4 Å². The van der Waals surface area contributed by atoms with E-state index >= 15 is 0 Å². The lowest BCUT2D eigenvalue weighted by atomic mass is 9.79. The second-order valence-electron chi connectivity index (χ2n) is 8.22. The largest absolute Gasteiger partial charge is 0.294 e. The van der Waals surface area contributed by atoms with Crippen LogP contribution in [0.4, 0.5) is 5.69 Å². The number of imide groups is 1. The minimum atomic E-state index is -0.420. The second kappa shape index (κ2) is 8.25. The van der Waals surface area contributed by atoms with Gasteiger partial charge in [-0.25, -0.2) is 4.90 Å². The third-order valence-corrected chi connectivity index (χ3v) is 6.62. The van der Waals surface area contributed by atoms with Crippen molar-refractivity contribution in [3.8, 4) is 0 Å². The van der Waals surface area contributed by atoms with E-state index in [4.69, 9.17) is 23.2 Å². The van der Waals surface area contributed by atoms with Crippen molar-refractivity contribution in [1.82, 2.24) is 0 Å². The lowest BCUT2D eigenvalue weighted by Crippen LogP contribution is -2.29. The number of anilines is 1. The van der Waals surface area contributed by atoms with Crippen LogP contribution in [0.15, 0.2) is 60.7 Å². The molecule has 1 atom stereocenters. The van der Waals surface area contributed by atoms with E-state index in [0.717, 1.165) is 10.5 Å². The Kier molecular flexibility index (Phi) is 5.39. The number of nitrogens with zero attached hydrogens (tertiary/aromatic N) is 1. The van der Waals surface area contributed by atoms with Crippen molar-refractivity contribution in [2.45, 2.75) is 19.3 Å². The highest BCUT2D eigenvalue weighted by molar-refractivity contribution is 6.36. The summed E-state index contributed by atoms with van der Waals surface area (Å²) in [6, 6.07) is 16.5. The standard InChI is InChI=1S/C26H17Cl2NO4/c27-16-6-8-19-21(12-16)23(30)11-15(24(19)31)5-4-14-2-1-3-18(10-14)29-25(32)20-9-7-17(28)13-22(20)26(29)33/h1-3,6-10,12-13,15H,4-5,11H2. The summed E-state index contributed by atoms with van der Waals surface area (Å²) in [6.45, 7) is 0. The smallest absolute Gasteiger partial charge is 0.266 e. The van der Waals surface area contributed by atoms with Crippen LogP contribution in [0, 0.1) is 5.92 Å². The third-order valence-electron chi connectivity index (χ3n) is 6.15. The van der Waals surface area contributed by atoms with Gasteiger partial charge in [0.1, 0.15) is 0 Å². The third kappa shape index (κ3) is 3.77. The Hall–Kier alpha value is -3.28. The Morgan fingerprint density at radius 3 is 2.18 bits per heavy atom. The van der Waals surface area contributed by atoms with Gasteiger partial charge in [-0.15, -0.1) is 0 Å². The Morgan fingerprint density at radius 1 is 0.758 bits per heavy atom. The molecule has 3 aromatic rings. The van der Waals surface area contributed by atoms with Gasteiger partial charge in [-0.3, -0.25) is 19.2 Å². The zero-order chi connectivity index (χ0) is 23.3. The molecular weight excluding hydrogens is 461 g/mol. The van der Waals surface area contributed by atoms with E-state index in [1.165, 1.54) is 6.07 Å². The number of hydrogen-bond donors (Lipinski definition) is 0. The van der Waals surface area contributed by atoms with Crippen LogP contribution in [0.25, 0.3) is 0 Å². The summed E-state index contributed by atoms with van der Waals surface area (Å²) in [7, 11) is 0. The van der Waals surface area contributed by atoms with Gasteiger partial charge < -0.3 is 0 Å². The van der Waals surface area contributed by atoms with Gasteiger partial charge in [0.05, 0.1) is 16.8 Å². The molecule has 164 valence electrons. The molecule has 5 nitrogen and oxygen atoms in total. The van der Waals surface area contributed by atoms with Crippen LogP contribution >= 0.6 is 23.2 Å². The Balaban J connectivity index is 1.34. The van der Waals surface area contributed by atoms with Crippen molar-refractivity contribution in [2.75, 3.05) is 4.90 Å². The SMILES string of the molecule is O=C1CC(CCc2cccc(N3C(=O)c4ccc(Cl)cc4C3=O)c2)C(=O)c2ccc(Cl)cc21. The van der Waals surface area contributed by atoms with Crippen LogP contribution in [0.1, 0.15) is 59.8 Å². The van der Waals surface area contributed by atoms with E-state index in [1.54, 1.807) is 48.5 Å². The lowest BCUT2D eigenvalue weighted by Gasteiger charge is -2.22. The fourth-order valence-electron chi connectivity index (χ4n) is 4.48. The first-order chi connectivity index (χ1) is 15.8. The van der Waals surface area contributed by atoms with Crippen LogP contribution in [0.2, 0.25) is 10.0 Å². The predicted octanol–water partition coefficient (Wildman–Crippen LogP) is 5.81. The summed E-state index contributed by atoms with van der Waals surface area (Å²) in [5.74, 6) is -1.38. The van der Waals surface area contributed by atoms with Crippen molar-refractivity contribution >= 4 is 52.3 Å². The molecule has 0 N–H and O–H groups in total. The van der Waals surface area contributed by atoms with Crippen LogP contribution in [-0.2, 0) is 6.42 Å². The number of halogens is 2. The number of Topliss-reactive ketones (excluding diaryl/α,β-unsaturated/α-hetero) is 2. The van der Waals surface area contributed by atoms with E-state index in [1.807, 2.05) is 6.07 Å². The zero-order valence-corrected chi connectivity index (χ0v) is 18.8. The molecule has 2 aliphatic rings. The summed E-state index contributed by atoms with van der Waals surface area (Å²) >= 11 is 12.0. The highest BCUT2D eigenvalue weighted by Gasteiger charge is 2.37. The lowest BCUT2D eigenvalue weighted by molar-refractivity contribution is 0.0817. The summed E-state index contributed by atoms with van der Waals surface area (Å²) in [5, 5.41) is 0.821. The molecule has 0 fully saturated rings. The average Bonchev–Trinajstić information content (AvgIpc) is 3.04. The van der Waals surface area contributed by atoms with Gasteiger partial charge in [0.15, 0.2) is 11.6 Å². The van der Waals surface area contributed by atoms with Gasteiger partial charge in [-0.1, -0.05) is 35.3 Å². The molecule has 7 heteroatoms. The fraction of sp³-hybridized carbons (Fsp3) is 0.154.